The van der Waals surface area contributed by atoms with Crippen molar-refractivity contribution in [1.82, 2.24) is 10.3 Å². The van der Waals surface area contributed by atoms with Crippen LogP contribution in [0.25, 0.3) is 0 Å². The number of carbonyl (C=O) groups excluding carboxylic acids is 1. The summed E-state index contributed by atoms with van der Waals surface area (Å²) >= 11 is 0. The Balaban J connectivity index is 1.98. The van der Waals surface area contributed by atoms with Crippen LogP contribution in [0.1, 0.15) is 21.5 Å². The fourth-order valence-electron chi connectivity index (χ4n) is 1.56. The lowest BCUT2D eigenvalue weighted by Gasteiger charge is -2.05. The Kier molecular flexibility index (Phi) is 3.50. The SMILES string of the molecule is Cc1cncc(C(=O)NCc2ccccc2)c1. The molecule has 0 atom stereocenters. The Morgan fingerprint density at radius 1 is 1.24 bits per heavy atom. The maximum absolute atomic E-state index is 11.8. The third-order valence-corrected chi connectivity index (χ3v) is 2.43. The van der Waals surface area contributed by atoms with Gasteiger partial charge in [0.15, 0.2) is 0 Å². The zero-order chi connectivity index (χ0) is 12.1. The molecule has 2 aromatic rings. The summed E-state index contributed by atoms with van der Waals surface area (Å²) in [4.78, 5) is 15.8. The number of benzene rings is 1. The average Bonchev–Trinajstić information content (AvgIpc) is 2.37. The molecule has 3 nitrogen and oxygen atoms in total. The van der Waals surface area contributed by atoms with Crippen molar-refractivity contribution in [3.05, 3.63) is 65.5 Å². The van der Waals surface area contributed by atoms with Crippen LogP contribution in [-0.4, -0.2) is 10.9 Å². The number of nitrogens with zero attached hydrogens (tertiary/aromatic N) is 1. The van der Waals surface area contributed by atoms with Crippen molar-refractivity contribution >= 4 is 5.91 Å². The summed E-state index contributed by atoms with van der Waals surface area (Å²) < 4.78 is 0. The number of aromatic nitrogens is 1. The van der Waals surface area contributed by atoms with Crippen molar-refractivity contribution in [2.24, 2.45) is 0 Å². The summed E-state index contributed by atoms with van der Waals surface area (Å²) in [7, 11) is 0. The van der Waals surface area contributed by atoms with Gasteiger partial charge in [-0.15, -0.1) is 0 Å². The Labute approximate surface area is 101 Å². The molecular weight excluding hydrogens is 212 g/mol. The molecule has 0 saturated heterocycles. The molecule has 17 heavy (non-hydrogen) atoms. The molecule has 0 bridgehead atoms. The van der Waals surface area contributed by atoms with E-state index in [2.05, 4.69) is 10.3 Å². The minimum absolute atomic E-state index is 0.0925. The van der Waals surface area contributed by atoms with Gasteiger partial charge in [-0.3, -0.25) is 9.78 Å². The molecule has 86 valence electrons. The van der Waals surface area contributed by atoms with E-state index in [4.69, 9.17) is 0 Å². The highest BCUT2D eigenvalue weighted by Gasteiger charge is 2.05. The zero-order valence-corrected chi connectivity index (χ0v) is 9.68. The molecule has 2 rings (SSSR count). The number of amides is 1. The summed E-state index contributed by atoms with van der Waals surface area (Å²) in [5, 5.41) is 2.86. The van der Waals surface area contributed by atoms with E-state index in [1.54, 1.807) is 12.4 Å². The van der Waals surface area contributed by atoms with Crippen LogP contribution in [0.3, 0.4) is 0 Å². The minimum Gasteiger partial charge on any atom is -0.348 e. The van der Waals surface area contributed by atoms with Crippen LogP contribution in [-0.2, 0) is 6.54 Å². The number of nitrogens with one attached hydrogen (secondary N) is 1. The second kappa shape index (κ2) is 5.25. The molecular formula is C14H14N2O. The lowest BCUT2D eigenvalue weighted by molar-refractivity contribution is 0.0950. The van der Waals surface area contributed by atoms with E-state index in [0.29, 0.717) is 12.1 Å². The second-order valence-corrected chi connectivity index (χ2v) is 3.92. The first-order valence-corrected chi connectivity index (χ1v) is 5.49. The van der Waals surface area contributed by atoms with Gasteiger partial charge in [-0.1, -0.05) is 30.3 Å². The molecule has 1 amide bonds. The maximum Gasteiger partial charge on any atom is 0.253 e. The van der Waals surface area contributed by atoms with E-state index >= 15 is 0 Å². The minimum atomic E-state index is -0.0925. The van der Waals surface area contributed by atoms with Gasteiger partial charge in [-0.2, -0.15) is 0 Å². The van der Waals surface area contributed by atoms with E-state index in [-0.39, 0.29) is 5.91 Å². The van der Waals surface area contributed by atoms with Crippen LogP contribution < -0.4 is 5.32 Å². The van der Waals surface area contributed by atoms with Crippen molar-refractivity contribution in [2.45, 2.75) is 13.5 Å². The predicted molar refractivity (Wildman–Crippen MR) is 66.6 cm³/mol. The number of aryl methyl sites for hydroxylation is 1. The largest absolute Gasteiger partial charge is 0.348 e. The van der Waals surface area contributed by atoms with E-state index in [1.807, 2.05) is 43.3 Å². The van der Waals surface area contributed by atoms with Crippen LogP contribution in [0.15, 0.2) is 48.8 Å². The lowest BCUT2D eigenvalue weighted by Crippen LogP contribution is -2.22. The average molecular weight is 226 g/mol. The number of hydrogen-bond donors (Lipinski definition) is 1. The highest BCUT2D eigenvalue weighted by molar-refractivity contribution is 5.93. The monoisotopic (exact) mass is 226 g/mol. The quantitative estimate of drug-likeness (QED) is 0.872. The van der Waals surface area contributed by atoms with Crippen LogP contribution >= 0.6 is 0 Å². The van der Waals surface area contributed by atoms with Gasteiger partial charge in [0.25, 0.3) is 5.91 Å². The smallest absolute Gasteiger partial charge is 0.253 e. The van der Waals surface area contributed by atoms with E-state index in [9.17, 15) is 4.79 Å². The Hall–Kier alpha value is -2.16. The van der Waals surface area contributed by atoms with Crippen molar-refractivity contribution in [2.75, 3.05) is 0 Å². The van der Waals surface area contributed by atoms with Crippen LogP contribution in [0.5, 0.6) is 0 Å². The molecule has 0 unspecified atom stereocenters. The van der Waals surface area contributed by atoms with E-state index in [0.717, 1.165) is 11.1 Å². The van der Waals surface area contributed by atoms with Gasteiger partial charge >= 0.3 is 0 Å². The first-order chi connectivity index (χ1) is 8.25. The second-order valence-electron chi connectivity index (χ2n) is 3.92. The van der Waals surface area contributed by atoms with Gasteiger partial charge in [-0.05, 0) is 24.1 Å². The number of pyridine rings is 1. The van der Waals surface area contributed by atoms with Gasteiger partial charge in [-0.25, -0.2) is 0 Å². The summed E-state index contributed by atoms with van der Waals surface area (Å²) in [5.41, 5.74) is 2.67. The van der Waals surface area contributed by atoms with Crippen LogP contribution in [0.4, 0.5) is 0 Å². The fraction of sp³-hybridized carbons (Fsp3) is 0.143. The first kappa shape index (κ1) is 11.3. The maximum atomic E-state index is 11.8. The van der Waals surface area contributed by atoms with Crippen molar-refractivity contribution in [3.8, 4) is 0 Å². The van der Waals surface area contributed by atoms with Crippen molar-refractivity contribution < 1.29 is 4.79 Å². The first-order valence-electron chi connectivity index (χ1n) is 5.49. The normalized spacial score (nSPS) is 9.94. The number of hydrogen-bond acceptors (Lipinski definition) is 2. The fourth-order valence-corrected chi connectivity index (χ4v) is 1.56. The number of rotatable bonds is 3. The summed E-state index contributed by atoms with van der Waals surface area (Å²) in [5.74, 6) is -0.0925. The van der Waals surface area contributed by atoms with Gasteiger partial charge < -0.3 is 5.32 Å². The lowest BCUT2D eigenvalue weighted by atomic mass is 10.2. The molecule has 0 aliphatic rings. The highest BCUT2D eigenvalue weighted by Crippen LogP contribution is 2.02. The molecule has 0 aliphatic carbocycles. The summed E-state index contributed by atoms with van der Waals surface area (Å²) in [6, 6.07) is 11.7. The van der Waals surface area contributed by atoms with Gasteiger partial charge in [0, 0.05) is 18.9 Å². The van der Waals surface area contributed by atoms with Crippen molar-refractivity contribution in [1.29, 1.82) is 0 Å². The standard InChI is InChI=1S/C14H14N2O/c1-11-7-13(10-15-8-11)14(17)16-9-12-5-3-2-4-6-12/h2-8,10H,9H2,1H3,(H,16,17). The van der Waals surface area contributed by atoms with E-state index < -0.39 is 0 Å². The Morgan fingerprint density at radius 3 is 2.71 bits per heavy atom. The zero-order valence-electron chi connectivity index (χ0n) is 9.68. The molecule has 1 heterocycles. The Morgan fingerprint density at radius 2 is 2.00 bits per heavy atom. The summed E-state index contributed by atoms with van der Waals surface area (Å²) in [6.07, 6.45) is 3.31. The van der Waals surface area contributed by atoms with Crippen LogP contribution in [0, 0.1) is 6.92 Å². The molecule has 1 aromatic heterocycles. The molecule has 0 fully saturated rings. The molecule has 0 spiro atoms. The molecule has 0 saturated carbocycles. The predicted octanol–water partition coefficient (Wildman–Crippen LogP) is 2.32. The van der Waals surface area contributed by atoms with Gasteiger partial charge in [0.1, 0.15) is 0 Å². The molecule has 1 aromatic carbocycles. The molecule has 0 aliphatic heterocycles. The number of carbonyl (C=O) groups is 1. The Bertz CT molecular complexity index is 509. The van der Waals surface area contributed by atoms with Gasteiger partial charge in [0.05, 0.1) is 5.56 Å². The van der Waals surface area contributed by atoms with Gasteiger partial charge in [0.2, 0.25) is 0 Å². The third-order valence-electron chi connectivity index (χ3n) is 2.43. The van der Waals surface area contributed by atoms with E-state index in [1.165, 1.54) is 0 Å². The molecule has 3 heteroatoms. The summed E-state index contributed by atoms with van der Waals surface area (Å²) in [6.45, 7) is 2.45. The third kappa shape index (κ3) is 3.14. The molecule has 0 radical (unpaired) electrons. The highest BCUT2D eigenvalue weighted by atomic mass is 16.1. The van der Waals surface area contributed by atoms with Crippen molar-refractivity contribution in [3.63, 3.8) is 0 Å². The van der Waals surface area contributed by atoms with Crippen LogP contribution in [0.2, 0.25) is 0 Å². The topological polar surface area (TPSA) is 42.0 Å². The molecule has 1 N–H and O–H groups in total.